The van der Waals surface area contributed by atoms with E-state index in [0.29, 0.717) is 0 Å². The zero-order valence-electron chi connectivity index (χ0n) is 25.9. The van der Waals surface area contributed by atoms with Gasteiger partial charge in [-0.3, -0.25) is 0 Å². The van der Waals surface area contributed by atoms with Gasteiger partial charge in [-0.05, 0) is 80.3 Å². The molecule has 0 aliphatic rings. The van der Waals surface area contributed by atoms with E-state index in [2.05, 4.69) is 194 Å². The first-order valence-electron chi connectivity index (χ1n) is 15.7. The van der Waals surface area contributed by atoms with Crippen molar-refractivity contribution in [2.24, 2.45) is 0 Å². The molecule has 8 aromatic rings. The summed E-state index contributed by atoms with van der Waals surface area (Å²) in [6.45, 7) is 0. The minimum Gasteiger partial charge on any atom is -0.0622 e. The van der Waals surface area contributed by atoms with Crippen LogP contribution in [-0.4, -0.2) is 0 Å². The molecule has 0 radical (unpaired) electrons. The molecule has 0 N–H and O–H groups in total. The van der Waals surface area contributed by atoms with E-state index in [1.807, 2.05) is 0 Å². The maximum absolute atomic E-state index is 2.42. The second kappa shape index (κ2) is 14.3. The molecule has 0 heterocycles. The molecule has 0 nitrogen and oxygen atoms in total. The van der Waals surface area contributed by atoms with Gasteiger partial charge in [-0.2, -0.15) is 0 Å². The third-order valence-electron chi connectivity index (χ3n) is 8.60. The maximum atomic E-state index is 2.42. The summed E-state index contributed by atoms with van der Waals surface area (Å²) >= 11 is 0. The smallest absolute Gasteiger partial charge is 0 e. The van der Waals surface area contributed by atoms with Crippen molar-refractivity contribution in [3.63, 3.8) is 0 Å². The molecule has 0 aliphatic carbocycles. The predicted octanol–water partition coefficient (Wildman–Crippen LogP) is 9.17. The summed E-state index contributed by atoms with van der Waals surface area (Å²) in [5.74, 6) is 0. The fourth-order valence-corrected chi connectivity index (χ4v) is 11.5. The van der Waals surface area contributed by atoms with Gasteiger partial charge in [-0.1, -0.05) is 194 Å². The Bertz CT molecular complexity index is 2010. The first kappa shape index (κ1) is 31.5. The van der Waals surface area contributed by atoms with Crippen LogP contribution < -0.4 is 31.8 Å². The van der Waals surface area contributed by atoms with Crippen LogP contribution in [0, 0.1) is 0 Å². The fourth-order valence-electron chi connectivity index (χ4n) is 6.58. The Morgan fingerprint density at radius 3 is 0.851 bits per heavy atom. The predicted molar refractivity (Wildman–Crippen MR) is 204 cm³/mol. The van der Waals surface area contributed by atoms with Crippen molar-refractivity contribution in [1.29, 1.82) is 0 Å². The minimum atomic E-state index is -0.852. The van der Waals surface area contributed by atoms with Gasteiger partial charge in [0.15, 0.2) is 0 Å². The van der Waals surface area contributed by atoms with Gasteiger partial charge >= 0.3 is 0 Å². The fraction of sp³-hybridized carbons (Fsp3) is 0. The Hall–Kier alpha value is -4.15. The van der Waals surface area contributed by atoms with Crippen molar-refractivity contribution in [2.45, 2.75) is 0 Å². The first-order valence-corrected chi connectivity index (χ1v) is 18.4. The van der Waals surface area contributed by atoms with E-state index in [1.165, 1.54) is 64.5 Å². The van der Waals surface area contributed by atoms with Gasteiger partial charge < -0.3 is 0 Å². The topological polar surface area (TPSA) is 0 Å². The van der Waals surface area contributed by atoms with Crippen LogP contribution in [0.25, 0.3) is 32.7 Å². The first-order chi connectivity index (χ1) is 22.9. The molecule has 8 rings (SSSR count). The van der Waals surface area contributed by atoms with Gasteiger partial charge in [-0.25, -0.2) is 0 Å². The van der Waals surface area contributed by atoms with Crippen molar-refractivity contribution in [2.75, 3.05) is 0 Å². The van der Waals surface area contributed by atoms with Crippen LogP contribution in [0.1, 0.15) is 0 Å². The summed E-state index contributed by atoms with van der Waals surface area (Å²) in [7, 11) is -1.70. The average molecular weight is 671 g/mol. The van der Waals surface area contributed by atoms with E-state index < -0.39 is 15.8 Å². The molecule has 0 aliphatic heterocycles. The van der Waals surface area contributed by atoms with E-state index in [4.69, 9.17) is 0 Å². The van der Waals surface area contributed by atoms with Crippen molar-refractivity contribution in [3.05, 3.63) is 194 Å². The van der Waals surface area contributed by atoms with Gasteiger partial charge in [0, 0.05) is 21.7 Å². The van der Waals surface area contributed by atoms with Crippen LogP contribution in [0.15, 0.2) is 194 Å². The third-order valence-corrected chi connectivity index (χ3v) is 13.6. The largest absolute Gasteiger partial charge is 0.0622 e. The molecular formula is C44H32P2Ti. The van der Waals surface area contributed by atoms with E-state index in [1.54, 1.807) is 0 Å². The van der Waals surface area contributed by atoms with Gasteiger partial charge in [0.25, 0.3) is 0 Å². The number of hydrogen-bond donors (Lipinski definition) is 0. The van der Waals surface area contributed by atoms with Crippen LogP contribution in [0.5, 0.6) is 0 Å². The Morgan fingerprint density at radius 1 is 0.255 bits per heavy atom. The van der Waals surface area contributed by atoms with E-state index in [0.717, 1.165) is 0 Å². The number of hydrogen-bond acceptors (Lipinski definition) is 0. The van der Waals surface area contributed by atoms with E-state index in [-0.39, 0.29) is 21.7 Å². The summed E-state index contributed by atoms with van der Waals surface area (Å²) in [5, 5.41) is 13.3. The van der Waals surface area contributed by atoms with Gasteiger partial charge in [0.05, 0.1) is 0 Å². The Morgan fingerprint density at radius 2 is 0.532 bits per heavy atom. The minimum absolute atomic E-state index is 0. The molecular weight excluding hydrogens is 638 g/mol. The molecule has 0 amide bonds. The van der Waals surface area contributed by atoms with Crippen LogP contribution in [0.3, 0.4) is 0 Å². The quantitative estimate of drug-likeness (QED) is 0.117. The molecule has 3 heteroatoms. The molecule has 0 spiro atoms. The molecule has 0 unspecified atom stereocenters. The van der Waals surface area contributed by atoms with Gasteiger partial charge in [0.1, 0.15) is 0 Å². The monoisotopic (exact) mass is 670 g/mol. The van der Waals surface area contributed by atoms with Gasteiger partial charge in [0.2, 0.25) is 0 Å². The van der Waals surface area contributed by atoms with E-state index in [9.17, 15) is 0 Å². The summed E-state index contributed by atoms with van der Waals surface area (Å²) < 4.78 is 0. The Labute approximate surface area is 294 Å². The summed E-state index contributed by atoms with van der Waals surface area (Å²) in [6, 6.07) is 71.8. The second-order valence-corrected chi connectivity index (χ2v) is 15.7. The summed E-state index contributed by atoms with van der Waals surface area (Å²) in [6.07, 6.45) is 0. The molecule has 47 heavy (non-hydrogen) atoms. The molecule has 8 aromatic carbocycles. The molecule has 0 bridgehead atoms. The van der Waals surface area contributed by atoms with Crippen molar-refractivity contribution >= 4 is 69.2 Å². The van der Waals surface area contributed by atoms with Crippen LogP contribution in [0.4, 0.5) is 0 Å². The van der Waals surface area contributed by atoms with Crippen LogP contribution in [0.2, 0.25) is 0 Å². The van der Waals surface area contributed by atoms with Crippen molar-refractivity contribution in [1.82, 2.24) is 0 Å². The third kappa shape index (κ3) is 6.16. The second-order valence-electron chi connectivity index (χ2n) is 11.4. The van der Waals surface area contributed by atoms with Crippen molar-refractivity contribution < 1.29 is 21.7 Å². The average Bonchev–Trinajstić information content (AvgIpc) is 3.14. The molecule has 222 valence electrons. The Kier molecular flexibility index (Phi) is 9.58. The zero-order valence-corrected chi connectivity index (χ0v) is 29.2. The Balaban J connectivity index is 0.00000351. The van der Waals surface area contributed by atoms with Crippen LogP contribution >= 0.6 is 15.8 Å². The SMILES string of the molecule is [Ti].c1ccc(P(c2ccccc2)c2ccc3ccccc3c2-c2c(P(c3ccccc3)c3ccccc3)ccc3ccccc23)cc1. The van der Waals surface area contributed by atoms with Crippen molar-refractivity contribution in [3.8, 4) is 11.1 Å². The normalized spacial score (nSPS) is 11.2. The molecule has 0 atom stereocenters. The molecule has 0 aromatic heterocycles. The number of rotatable bonds is 7. The number of fused-ring (bicyclic) bond motifs is 2. The molecule has 0 saturated carbocycles. The standard InChI is InChI=1S/C44H32P2.Ti/c1-5-19-35(20-6-1)45(36-21-7-2-8-22-36)41-31-29-33-17-13-15-27-39(33)43(41)44-40-28-16-14-18-34(40)30-32-42(44)46(37-23-9-3-10-24-37)38-25-11-4-12-26-38;/h1-32H;. The van der Waals surface area contributed by atoms with E-state index >= 15 is 0 Å². The van der Waals surface area contributed by atoms with Gasteiger partial charge in [-0.15, -0.1) is 0 Å². The summed E-state index contributed by atoms with van der Waals surface area (Å²) in [4.78, 5) is 0. The van der Waals surface area contributed by atoms with Crippen LogP contribution in [-0.2, 0) is 21.7 Å². The number of benzene rings is 8. The summed E-state index contributed by atoms with van der Waals surface area (Å²) in [5.41, 5.74) is 2.70. The zero-order chi connectivity index (χ0) is 30.7. The molecule has 0 fully saturated rings. The molecule has 0 saturated heterocycles. The maximum Gasteiger partial charge on any atom is 0 e.